The fourth-order valence-electron chi connectivity index (χ4n) is 0.891. The van der Waals surface area contributed by atoms with Gasteiger partial charge in [-0.1, -0.05) is 13.8 Å². The van der Waals surface area contributed by atoms with Crippen LogP contribution in [0.5, 0.6) is 0 Å². The zero-order valence-electron chi connectivity index (χ0n) is 8.34. The van der Waals surface area contributed by atoms with Crippen LogP contribution in [-0.2, 0) is 4.74 Å². The van der Waals surface area contributed by atoms with Crippen LogP contribution in [0.1, 0.15) is 33.6 Å². The molecule has 0 aliphatic heterocycles. The maximum Gasteiger partial charge on any atom is 0.0677 e. The summed E-state index contributed by atoms with van der Waals surface area (Å²) in [5.41, 5.74) is 0. The van der Waals surface area contributed by atoms with Crippen LogP contribution in [-0.4, -0.2) is 13.2 Å². The highest BCUT2D eigenvalue weighted by Crippen LogP contribution is 2.03. The molecule has 2 nitrogen and oxygen atoms in total. The number of nitrogens with zero attached hydrogens (tertiary/aromatic N) is 1. The highest BCUT2D eigenvalue weighted by Gasteiger charge is 1.99. The van der Waals surface area contributed by atoms with Gasteiger partial charge < -0.3 is 4.74 Å². The van der Waals surface area contributed by atoms with Crippen molar-refractivity contribution in [2.24, 2.45) is 11.8 Å². The lowest BCUT2D eigenvalue weighted by molar-refractivity contribution is 0.113. The summed E-state index contributed by atoms with van der Waals surface area (Å²) in [6.45, 7) is 7.66. The minimum Gasteiger partial charge on any atom is -0.380 e. The minimum atomic E-state index is 0.0315. The Labute approximate surface area is 75.5 Å². The largest absolute Gasteiger partial charge is 0.380 e. The van der Waals surface area contributed by atoms with Crippen molar-refractivity contribution in [2.75, 3.05) is 13.2 Å². The number of hydrogen-bond donors (Lipinski definition) is 0. The number of hydrogen-bond acceptors (Lipinski definition) is 2. The van der Waals surface area contributed by atoms with Crippen LogP contribution in [0.25, 0.3) is 0 Å². The molecule has 0 rings (SSSR count). The van der Waals surface area contributed by atoms with Crippen molar-refractivity contribution in [3.05, 3.63) is 0 Å². The summed E-state index contributed by atoms with van der Waals surface area (Å²) in [4.78, 5) is 0. The van der Waals surface area contributed by atoms with Crippen molar-refractivity contribution in [3.8, 4) is 6.07 Å². The first-order valence-corrected chi connectivity index (χ1v) is 4.64. The zero-order valence-corrected chi connectivity index (χ0v) is 8.34. The summed E-state index contributed by atoms with van der Waals surface area (Å²) in [6, 6.07) is 2.14. The summed E-state index contributed by atoms with van der Waals surface area (Å²) in [7, 11) is 0. The summed E-state index contributed by atoms with van der Waals surface area (Å²) < 4.78 is 5.31. The lowest BCUT2D eigenvalue weighted by atomic mass is 10.1. The highest BCUT2D eigenvalue weighted by atomic mass is 16.5. The Morgan fingerprint density at radius 2 is 2.00 bits per heavy atom. The molecule has 0 fully saturated rings. The lowest BCUT2D eigenvalue weighted by Crippen LogP contribution is -2.05. The molecule has 0 aliphatic carbocycles. The van der Waals surface area contributed by atoms with Gasteiger partial charge in [0.1, 0.15) is 0 Å². The van der Waals surface area contributed by atoms with Gasteiger partial charge in [-0.25, -0.2) is 0 Å². The average molecular weight is 169 g/mol. The molecular weight excluding hydrogens is 150 g/mol. The van der Waals surface area contributed by atoms with E-state index in [2.05, 4.69) is 19.9 Å². The van der Waals surface area contributed by atoms with Gasteiger partial charge in [0.25, 0.3) is 0 Å². The van der Waals surface area contributed by atoms with E-state index in [0.29, 0.717) is 6.61 Å². The van der Waals surface area contributed by atoms with Gasteiger partial charge >= 0.3 is 0 Å². The first-order valence-electron chi connectivity index (χ1n) is 4.64. The first-order chi connectivity index (χ1) is 5.66. The SMILES string of the molecule is CC(C)CCCOCC(C)C#N. The molecule has 1 atom stereocenters. The van der Waals surface area contributed by atoms with Gasteiger partial charge in [0.15, 0.2) is 0 Å². The normalized spacial score (nSPS) is 12.9. The van der Waals surface area contributed by atoms with E-state index in [4.69, 9.17) is 10.00 Å². The molecule has 2 heteroatoms. The van der Waals surface area contributed by atoms with E-state index in [0.717, 1.165) is 18.9 Å². The molecule has 0 amide bonds. The van der Waals surface area contributed by atoms with Crippen molar-refractivity contribution in [2.45, 2.75) is 33.6 Å². The summed E-state index contributed by atoms with van der Waals surface area (Å²) in [5, 5.41) is 8.45. The fourth-order valence-corrected chi connectivity index (χ4v) is 0.891. The third-order valence-corrected chi connectivity index (χ3v) is 1.66. The fraction of sp³-hybridized carbons (Fsp3) is 0.900. The van der Waals surface area contributed by atoms with Crippen LogP contribution >= 0.6 is 0 Å². The van der Waals surface area contributed by atoms with Crippen molar-refractivity contribution >= 4 is 0 Å². The molecule has 0 aromatic heterocycles. The smallest absolute Gasteiger partial charge is 0.0677 e. The van der Waals surface area contributed by atoms with E-state index in [9.17, 15) is 0 Å². The number of ether oxygens (including phenoxy) is 1. The Morgan fingerprint density at radius 3 is 2.50 bits per heavy atom. The number of rotatable bonds is 6. The van der Waals surface area contributed by atoms with Gasteiger partial charge in [-0.3, -0.25) is 0 Å². The predicted molar refractivity (Wildman–Crippen MR) is 49.7 cm³/mol. The van der Waals surface area contributed by atoms with Crippen LogP contribution in [0.4, 0.5) is 0 Å². The van der Waals surface area contributed by atoms with E-state index in [1.807, 2.05) is 6.92 Å². The second-order valence-electron chi connectivity index (χ2n) is 3.64. The molecule has 0 saturated carbocycles. The van der Waals surface area contributed by atoms with E-state index in [-0.39, 0.29) is 5.92 Å². The van der Waals surface area contributed by atoms with Crippen molar-refractivity contribution in [1.82, 2.24) is 0 Å². The summed E-state index contributed by atoms with van der Waals surface area (Å²) >= 11 is 0. The van der Waals surface area contributed by atoms with Crippen LogP contribution in [0.2, 0.25) is 0 Å². The Morgan fingerprint density at radius 1 is 1.33 bits per heavy atom. The third kappa shape index (κ3) is 7.56. The highest BCUT2D eigenvalue weighted by molar-refractivity contribution is 4.77. The van der Waals surface area contributed by atoms with Crippen LogP contribution in [0, 0.1) is 23.2 Å². The summed E-state index contributed by atoms with van der Waals surface area (Å²) in [5.74, 6) is 0.783. The van der Waals surface area contributed by atoms with Crippen molar-refractivity contribution < 1.29 is 4.74 Å². The van der Waals surface area contributed by atoms with E-state index in [1.165, 1.54) is 6.42 Å². The second kappa shape index (κ2) is 7.12. The molecule has 0 heterocycles. The van der Waals surface area contributed by atoms with Crippen molar-refractivity contribution in [1.29, 1.82) is 5.26 Å². The van der Waals surface area contributed by atoms with Gasteiger partial charge in [-0.05, 0) is 25.7 Å². The summed E-state index contributed by atoms with van der Waals surface area (Å²) in [6.07, 6.45) is 2.32. The van der Waals surface area contributed by atoms with Crippen LogP contribution in [0.3, 0.4) is 0 Å². The Hall–Kier alpha value is -0.550. The molecule has 1 unspecified atom stereocenters. The maximum atomic E-state index is 8.45. The molecular formula is C10H19NO. The van der Waals surface area contributed by atoms with Crippen LogP contribution < -0.4 is 0 Å². The molecule has 0 aromatic rings. The average Bonchev–Trinajstić information content (AvgIpc) is 2.03. The zero-order chi connectivity index (χ0) is 9.40. The Bertz CT molecular complexity index is 137. The van der Waals surface area contributed by atoms with Crippen LogP contribution in [0.15, 0.2) is 0 Å². The second-order valence-corrected chi connectivity index (χ2v) is 3.64. The van der Waals surface area contributed by atoms with E-state index in [1.54, 1.807) is 0 Å². The Kier molecular flexibility index (Phi) is 6.79. The Balaban J connectivity index is 3.07. The molecule has 0 aromatic carbocycles. The van der Waals surface area contributed by atoms with Gasteiger partial charge in [-0.15, -0.1) is 0 Å². The van der Waals surface area contributed by atoms with Gasteiger partial charge in [-0.2, -0.15) is 5.26 Å². The molecule has 12 heavy (non-hydrogen) atoms. The quantitative estimate of drug-likeness (QED) is 0.572. The topological polar surface area (TPSA) is 33.0 Å². The van der Waals surface area contributed by atoms with Gasteiger partial charge in [0, 0.05) is 6.61 Å². The molecule has 70 valence electrons. The monoisotopic (exact) mass is 169 g/mol. The molecule has 0 bridgehead atoms. The predicted octanol–water partition coefficient (Wildman–Crippen LogP) is 2.60. The van der Waals surface area contributed by atoms with E-state index >= 15 is 0 Å². The molecule has 0 N–H and O–H groups in total. The standard InChI is InChI=1S/C10H19NO/c1-9(2)5-4-6-12-8-10(3)7-11/h9-10H,4-6,8H2,1-3H3. The number of nitriles is 1. The minimum absolute atomic E-state index is 0.0315. The lowest BCUT2D eigenvalue weighted by Gasteiger charge is -2.06. The van der Waals surface area contributed by atoms with Gasteiger partial charge in [0.05, 0.1) is 18.6 Å². The molecule has 0 aliphatic rings. The van der Waals surface area contributed by atoms with Crippen molar-refractivity contribution in [3.63, 3.8) is 0 Å². The van der Waals surface area contributed by atoms with Gasteiger partial charge in [0.2, 0.25) is 0 Å². The maximum absolute atomic E-state index is 8.45. The molecule has 0 spiro atoms. The van der Waals surface area contributed by atoms with E-state index < -0.39 is 0 Å². The first kappa shape index (κ1) is 11.4. The third-order valence-electron chi connectivity index (χ3n) is 1.66. The molecule has 0 saturated heterocycles. The molecule has 0 radical (unpaired) electrons.